The molecule has 2 heteroatoms. The summed E-state index contributed by atoms with van der Waals surface area (Å²) in [5, 5.41) is 0. The first-order valence-corrected chi connectivity index (χ1v) is 6.80. The molecule has 0 aliphatic heterocycles. The highest BCUT2D eigenvalue weighted by Crippen LogP contribution is 2.19. The Morgan fingerprint density at radius 2 is 1.89 bits per heavy atom. The molecule has 0 atom stereocenters. The van der Waals surface area contributed by atoms with E-state index in [0.717, 1.165) is 27.6 Å². The molecule has 0 amide bonds. The molecule has 0 saturated carbocycles. The van der Waals surface area contributed by atoms with Crippen LogP contribution >= 0.6 is 15.9 Å². The van der Waals surface area contributed by atoms with Crippen LogP contribution in [0.2, 0.25) is 0 Å². The van der Waals surface area contributed by atoms with Gasteiger partial charge in [-0.2, -0.15) is 0 Å². The number of hydrogen-bond donors (Lipinski definition) is 0. The summed E-state index contributed by atoms with van der Waals surface area (Å²) in [6, 6.07) is 13.6. The zero-order chi connectivity index (χ0) is 13.1. The van der Waals surface area contributed by atoms with Gasteiger partial charge in [0.05, 0.1) is 0 Å². The summed E-state index contributed by atoms with van der Waals surface area (Å²) in [5.74, 6) is 0.0784. The average molecular weight is 303 g/mol. The summed E-state index contributed by atoms with van der Waals surface area (Å²) >= 11 is 3.43. The van der Waals surface area contributed by atoms with Gasteiger partial charge in [-0.05, 0) is 48.7 Å². The molecule has 1 nitrogen and oxygen atoms in total. The maximum atomic E-state index is 12.4. The van der Waals surface area contributed by atoms with E-state index in [9.17, 15) is 4.79 Å². The van der Waals surface area contributed by atoms with Gasteiger partial charge in [0, 0.05) is 15.6 Å². The van der Waals surface area contributed by atoms with Crippen LogP contribution in [0.25, 0.3) is 0 Å². The molecule has 2 aromatic carbocycles. The third-order valence-corrected chi connectivity index (χ3v) is 3.36. The molecule has 92 valence electrons. The van der Waals surface area contributed by atoms with Crippen LogP contribution in [0.1, 0.15) is 34.0 Å². The van der Waals surface area contributed by atoms with E-state index < -0.39 is 0 Å². The standard InChI is InChI=1S/C16H15BrO/c1-3-12-5-4-6-13(9-12)16(18)14-7-11(2)8-15(17)10-14/h4-10H,3H2,1-2H3. The summed E-state index contributed by atoms with van der Waals surface area (Å²) in [6.45, 7) is 4.08. The van der Waals surface area contributed by atoms with Gasteiger partial charge in [-0.25, -0.2) is 0 Å². The van der Waals surface area contributed by atoms with Gasteiger partial charge in [0.1, 0.15) is 0 Å². The SMILES string of the molecule is CCc1cccc(C(=O)c2cc(C)cc(Br)c2)c1. The molecule has 0 aromatic heterocycles. The van der Waals surface area contributed by atoms with Crippen LogP contribution in [0.4, 0.5) is 0 Å². The molecule has 0 aliphatic carbocycles. The Hall–Kier alpha value is -1.41. The lowest BCUT2D eigenvalue weighted by molar-refractivity contribution is 0.103. The number of halogens is 1. The minimum atomic E-state index is 0.0784. The molecule has 0 fully saturated rings. The van der Waals surface area contributed by atoms with Crippen molar-refractivity contribution in [1.29, 1.82) is 0 Å². The lowest BCUT2D eigenvalue weighted by Crippen LogP contribution is -2.02. The first kappa shape index (κ1) is 13.0. The Kier molecular flexibility index (Phi) is 3.97. The van der Waals surface area contributed by atoms with Crippen molar-refractivity contribution in [3.63, 3.8) is 0 Å². The fourth-order valence-electron chi connectivity index (χ4n) is 1.97. The number of aryl methyl sites for hydroxylation is 2. The second-order valence-corrected chi connectivity index (χ2v) is 5.32. The van der Waals surface area contributed by atoms with Gasteiger partial charge in [0.2, 0.25) is 0 Å². The molecule has 18 heavy (non-hydrogen) atoms. The maximum absolute atomic E-state index is 12.4. The van der Waals surface area contributed by atoms with Crippen LogP contribution in [-0.4, -0.2) is 5.78 Å². The number of carbonyl (C=O) groups excluding carboxylic acids is 1. The molecule has 2 rings (SSSR count). The minimum absolute atomic E-state index is 0.0784. The zero-order valence-electron chi connectivity index (χ0n) is 10.5. The summed E-state index contributed by atoms with van der Waals surface area (Å²) in [5.41, 5.74) is 3.76. The molecule has 0 radical (unpaired) electrons. The molecule has 0 spiro atoms. The first-order chi connectivity index (χ1) is 8.60. The Morgan fingerprint density at radius 3 is 2.56 bits per heavy atom. The van der Waals surface area contributed by atoms with Crippen molar-refractivity contribution >= 4 is 21.7 Å². The van der Waals surface area contributed by atoms with Crippen molar-refractivity contribution in [1.82, 2.24) is 0 Å². The number of benzene rings is 2. The Balaban J connectivity index is 2.41. The summed E-state index contributed by atoms with van der Waals surface area (Å²) in [4.78, 5) is 12.4. The van der Waals surface area contributed by atoms with E-state index in [1.807, 2.05) is 49.4 Å². The summed E-state index contributed by atoms with van der Waals surface area (Å²) < 4.78 is 0.942. The maximum Gasteiger partial charge on any atom is 0.193 e. The molecule has 0 saturated heterocycles. The Bertz CT molecular complexity index is 567. The van der Waals surface area contributed by atoms with Gasteiger partial charge < -0.3 is 0 Å². The third-order valence-electron chi connectivity index (χ3n) is 2.90. The lowest BCUT2D eigenvalue weighted by Gasteiger charge is -2.05. The average Bonchev–Trinajstić information content (AvgIpc) is 2.37. The lowest BCUT2D eigenvalue weighted by atomic mass is 9.99. The van der Waals surface area contributed by atoms with E-state index in [-0.39, 0.29) is 5.78 Å². The molecule has 2 aromatic rings. The van der Waals surface area contributed by atoms with Gasteiger partial charge in [0.15, 0.2) is 5.78 Å². The van der Waals surface area contributed by atoms with Gasteiger partial charge in [-0.15, -0.1) is 0 Å². The molecular weight excluding hydrogens is 288 g/mol. The Labute approximate surface area is 116 Å². The van der Waals surface area contributed by atoms with Crippen LogP contribution in [0, 0.1) is 6.92 Å². The molecule has 0 N–H and O–H groups in total. The molecule has 0 unspecified atom stereocenters. The fourth-order valence-corrected chi connectivity index (χ4v) is 2.57. The summed E-state index contributed by atoms with van der Waals surface area (Å²) in [6.07, 6.45) is 0.943. The van der Waals surface area contributed by atoms with Gasteiger partial charge in [-0.3, -0.25) is 4.79 Å². The molecule has 0 heterocycles. The smallest absolute Gasteiger partial charge is 0.193 e. The van der Waals surface area contributed by atoms with Crippen molar-refractivity contribution in [2.75, 3.05) is 0 Å². The monoisotopic (exact) mass is 302 g/mol. The number of carbonyl (C=O) groups is 1. The van der Waals surface area contributed by atoms with E-state index in [1.54, 1.807) is 0 Å². The highest BCUT2D eigenvalue weighted by Gasteiger charge is 2.10. The topological polar surface area (TPSA) is 17.1 Å². The number of rotatable bonds is 3. The van der Waals surface area contributed by atoms with E-state index in [1.165, 1.54) is 5.56 Å². The van der Waals surface area contributed by atoms with Crippen LogP contribution < -0.4 is 0 Å². The van der Waals surface area contributed by atoms with E-state index in [2.05, 4.69) is 22.9 Å². The molecule has 0 bridgehead atoms. The van der Waals surface area contributed by atoms with Crippen LogP contribution in [-0.2, 0) is 6.42 Å². The van der Waals surface area contributed by atoms with Crippen molar-refractivity contribution < 1.29 is 4.79 Å². The highest BCUT2D eigenvalue weighted by atomic mass is 79.9. The quantitative estimate of drug-likeness (QED) is 0.760. The minimum Gasteiger partial charge on any atom is -0.289 e. The molecular formula is C16H15BrO. The number of ketones is 1. The van der Waals surface area contributed by atoms with Gasteiger partial charge in [-0.1, -0.05) is 41.1 Å². The molecule has 0 aliphatic rings. The van der Waals surface area contributed by atoms with Crippen LogP contribution in [0.15, 0.2) is 46.9 Å². The Morgan fingerprint density at radius 1 is 1.11 bits per heavy atom. The first-order valence-electron chi connectivity index (χ1n) is 6.01. The predicted molar refractivity (Wildman–Crippen MR) is 78.1 cm³/mol. The second kappa shape index (κ2) is 5.49. The normalized spacial score (nSPS) is 10.4. The van der Waals surface area contributed by atoms with E-state index in [4.69, 9.17) is 0 Å². The van der Waals surface area contributed by atoms with Crippen molar-refractivity contribution in [3.8, 4) is 0 Å². The van der Waals surface area contributed by atoms with E-state index >= 15 is 0 Å². The van der Waals surface area contributed by atoms with Crippen LogP contribution in [0.3, 0.4) is 0 Å². The summed E-state index contributed by atoms with van der Waals surface area (Å²) in [7, 11) is 0. The van der Waals surface area contributed by atoms with Crippen molar-refractivity contribution in [2.24, 2.45) is 0 Å². The highest BCUT2D eigenvalue weighted by molar-refractivity contribution is 9.10. The van der Waals surface area contributed by atoms with Crippen molar-refractivity contribution in [2.45, 2.75) is 20.3 Å². The second-order valence-electron chi connectivity index (χ2n) is 4.40. The zero-order valence-corrected chi connectivity index (χ0v) is 12.1. The third kappa shape index (κ3) is 2.88. The van der Waals surface area contributed by atoms with E-state index in [0.29, 0.717) is 0 Å². The van der Waals surface area contributed by atoms with Gasteiger partial charge >= 0.3 is 0 Å². The van der Waals surface area contributed by atoms with Crippen LogP contribution in [0.5, 0.6) is 0 Å². The predicted octanol–water partition coefficient (Wildman–Crippen LogP) is 4.55. The largest absolute Gasteiger partial charge is 0.289 e. The number of hydrogen-bond acceptors (Lipinski definition) is 1. The van der Waals surface area contributed by atoms with Crippen molar-refractivity contribution in [3.05, 3.63) is 69.2 Å². The fraction of sp³-hybridized carbons (Fsp3) is 0.188. The van der Waals surface area contributed by atoms with Gasteiger partial charge in [0.25, 0.3) is 0 Å².